The number of aromatic nitrogens is 3. The summed E-state index contributed by atoms with van der Waals surface area (Å²) in [6, 6.07) is -1.59. The van der Waals surface area contributed by atoms with Crippen molar-refractivity contribution in [3.05, 3.63) is 0 Å². The van der Waals surface area contributed by atoms with Gasteiger partial charge in [-0.1, -0.05) is 0 Å². The molecule has 1 heterocycles. The number of amides is 4. The first kappa shape index (κ1) is 8.77. The molecule has 0 aliphatic carbocycles. The molecule has 0 unspecified atom stereocenters. The van der Waals surface area contributed by atoms with Gasteiger partial charge in [0, 0.05) is 0 Å². The van der Waals surface area contributed by atoms with Crippen LogP contribution in [0.2, 0.25) is 0 Å². The molecule has 0 fully saturated rings. The van der Waals surface area contributed by atoms with Crippen molar-refractivity contribution in [2.45, 2.75) is 0 Å². The number of nitrogens with two attached hydrogens (primary N) is 2. The van der Waals surface area contributed by atoms with E-state index in [0.29, 0.717) is 0 Å². The summed E-state index contributed by atoms with van der Waals surface area (Å²) in [7, 11) is 0. The molecule has 1 aromatic rings. The van der Waals surface area contributed by atoms with Gasteiger partial charge in [-0.25, -0.2) is 14.7 Å². The minimum atomic E-state index is -0.801. The lowest BCUT2D eigenvalue weighted by Gasteiger charge is -1.92. The Labute approximate surface area is 71.9 Å². The molecule has 0 saturated carbocycles. The number of nitrogens with zero attached hydrogens (tertiary/aromatic N) is 2. The Morgan fingerprint density at radius 2 is 1.85 bits per heavy atom. The van der Waals surface area contributed by atoms with E-state index in [2.05, 4.69) is 25.8 Å². The summed E-state index contributed by atoms with van der Waals surface area (Å²) in [6.07, 6.45) is 0. The molecule has 0 bridgehead atoms. The molecule has 0 radical (unpaired) electrons. The van der Waals surface area contributed by atoms with E-state index in [4.69, 9.17) is 11.5 Å². The van der Waals surface area contributed by atoms with Crippen molar-refractivity contribution < 1.29 is 9.59 Å². The van der Waals surface area contributed by atoms with Crippen LogP contribution in [0.4, 0.5) is 21.5 Å². The largest absolute Gasteiger partial charge is 0.351 e. The lowest BCUT2D eigenvalue weighted by Crippen LogP contribution is -2.21. The van der Waals surface area contributed by atoms with E-state index < -0.39 is 12.1 Å². The number of hydrogen-bond acceptors (Lipinski definition) is 4. The SMILES string of the molecule is NC(=O)Nc1n[nH]c(NC(N)=O)n1. The Hall–Kier alpha value is -2.32. The van der Waals surface area contributed by atoms with Crippen LogP contribution in [-0.2, 0) is 0 Å². The van der Waals surface area contributed by atoms with Gasteiger partial charge >= 0.3 is 12.1 Å². The van der Waals surface area contributed by atoms with Crippen molar-refractivity contribution in [1.29, 1.82) is 0 Å². The maximum atomic E-state index is 10.3. The molecule has 70 valence electrons. The Morgan fingerprint density at radius 1 is 1.23 bits per heavy atom. The van der Waals surface area contributed by atoms with Crippen molar-refractivity contribution in [2.75, 3.05) is 10.6 Å². The topological polar surface area (TPSA) is 152 Å². The summed E-state index contributed by atoms with van der Waals surface area (Å²) in [5.41, 5.74) is 9.56. The third-order valence-corrected chi connectivity index (χ3v) is 0.962. The van der Waals surface area contributed by atoms with E-state index in [1.165, 1.54) is 0 Å². The van der Waals surface area contributed by atoms with Crippen LogP contribution in [0.1, 0.15) is 0 Å². The first-order valence-electron chi connectivity index (χ1n) is 3.13. The van der Waals surface area contributed by atoms with Gasteiger partial charge in [-0.15, -0.1) is 5.10 Å². The van der Waals surface area contributed by atoms with Gasteiger partial charge in [-0.3, -0.25) is 10.6 Å². The van der Waals surface area contributed by atoms with Gasteiger partial charge in [0.15, 0.2) is 0 Å². The van der Waals surface area contributed by atoms with E-state index in [0.717, 1.165) is 0 Å². The fourth-order valence-electron chi connectivity index (χ4n) is 0.600. The number of primary amides is 2. The molecule has 7 N–H and O–H groups in total. The number of carbonyl (C=O) groups is 2. The highest BCUT2D eigenvalue weighted by Gasteiger charge is 2.04. The van der Waals surface area contributed by atoms with E-state index in [9.17, 15) is 9.59 Å². The van der Waals surface area contributed by atoms with Crippen LogP contribution in [0.15, 0.2) is 0 Å². The van der Waals surface area contributed by atoms with Gasteiger partial charge in [-0.05, 0) is 0 Å². The highest BCUT2D eigenvalue weighted by atomic mass is 16.2. The van der Waals surface area contributed by atoms with Crippen LogP contribution in [0.25, 0.3) is 0 Å². The first-order chi connectivity index (χ1) is 6.08. The third-order valence-electron chi connectivity index (χ3n) is 0.962. The summed E-state index contributed by atoms with van der Waals surface area (Å²) in [6.45, 7) is 0. The molecule has 13 heavy (non-hydrogen) atoms. The van der Waals surface area contributed by atoms with Crippen LogP contribution in [0.5, 0.6) is 0 Å². The van der Waals surface area contributed by atoms with E-state index in [1.54, 1.807) is 0 Å². The summed E-state index contributed by atoms with van der Waals surface area (Å²) in [4.78, 5) is 24.2. The highest BCUT2D eigenvalue weighted by molar-refractivity contribution is 5.87. The highest BCUT2D eigenvalue weighted by Crippen LogP contribution is 2.01. The lowest BCUT2D eigenvalue weighted by atomic mass is 10.9. The maximum absolute atomic E-state index is 10.3. The van der Waals surface area contributed by atoms with Crippen LogP contribution >= 0.6 is 0 Å². The average Bonchev–Trinajstić information content (AvgIpc) is 2.33. The zero-order valence-corrected chi connectivity index (χ0v) is 6.37. The second kappa shape index (κ2) is 3.38. The Bertz CT molecular complexity index is 300. The maximum Gasteiger partial charge on any atom is 0.319 e. The number of H-pyrrole nitrogens is 1. The molecule has 0 saturated heterocycles. The second-order valence-electron chi connectivity index (χ2n) is 1.99. The van der Waals surface area contributed by atoms with Gasteiger partial charge in [-0.2, -0.15) is 4.98 Å². The van der Waals surface area contributed by atoms with Crippen LogP contribution in [-0.4, -0.2) is 27.2 Å². The third kappa shape index (κ3) is 2.65. The van der Waals surface area contributed by atoms with Crippen molar-refractivity contribution in [3.63, 3.8) is 0 Å². The van der Waals surface area contributed by atoms with Gasteiger partial charge in [0.2, 0.25) is 5.95 Å². The molecule has 0 aliphatic rings. The van der Waals surface area contributed by atoms with Crippen LogP contribution in [0, 0.1) is 0 Å². The average molecular weight is 185 g/mol. The normalized spacial score (nSPS) is 9.23. The molecule has 9 heteroatoms. The molecule has 0 aliphatic heterocycles. The zero-order valence-electron chi connectivity index (χ0n) is 6.37. The van der Waals surface area contributed by atoms with Crippen molar-refractivity contribution >= 4 is 24.0 Å². The number of rotatable bonds is 2. The number of nitrogens with one attached hydrogen (secondary N) is 3. The van der Waals surface area contributed by atoms with Crippen molar-refractivity contribution in [1.82, 2.24) is 15.2 Å². The van der Waals surface area contributed by atoms with Gasteiger partial charge < -0.3 is 11.5 Å². The lowest BCUT2D eigenvalue weighted by molar-refractivity contribution is 0.258. The smallest absolute Gasteiger partial charge is 0.319 e. The predicted octanol–water partition coefficient (Wildman–Crippen LogP) is -1.21. The fraction of sp³-hybridized carbons (Fsp3) is 0. The molecular weight excluding hydrogens is 178 g/mol. The number of anilines is 2. The second-order valence-corrected chi connectivity index (χ2v) is 1.99. The molecule has 0 aromatic carbocycles. The van der Waals surface area contributed by atoms with Crippen molar-refractivity contribution in [2.24, 2.45) is 11.5 Å². The summed E-state index contributed by atoms with van der Waals surface area (Å²) in [5.74, 6) is -0.0208. The molecule has 0 spiro atoms. The summed E-state index contributed by atoms with van der Waals surface area (Å²) in [5, 5.41) is 10.00. The Kier molecular flexibility index (Phi) is 2.28. The number of urea groups is 2. The Balaban J connectivity index is 2.63. The molecule has 4 amide bonds. The number of carbonyl (C=O) groups excluding carboxylic acids is 2. The van der Waals surface area contributed by atoms with Crippen LogP contribution < -0.4 is 22.1 Å². The summed E-state index contributed by atoms with van der Waals surface area (Å²) >= 11 is 0. The summed E-state index contributed by atoms with van der Waals surface area (Å²) < 4.78 is 0. The van der Waals surface area contributed by atoms with E-state index in [-0.39, 0.29) is 11.9 Å². The van der Waals surface area contributed by atoms with Gasteiger partial charge in [0.25, 0.3) is 5.95 Å². The molecular formula is C4H7N7O2. The minimum absolute atomic E-state index is 0.0243. The molecule has 1 rings (SSSR count). The van der Waals surface area contributed by atoms with Gasteiger partial charge in [0.1, 0.15) is 0 Å². The number of hydrogen-bond donors (Lipinski definition) is 5. The van der Waals surface area contributed by atoms with Gasteiger partial charge in [0.05, 0.1) is 0 Å². The van der Waals surface area contributed by atoms with Crippen LogP contribution in [0.3, 0.4) is 0 Å². The fourth-order valence-corrected chi connectivity index (χ4v) is 0.600. The van der Waals surface area contributed by atoms with E-state index >= 15 is 0 Å². The number of aromatic amines is 1. The van der Waals surface area contributed by atoms with Crippen molar-refractivity contribution in [3.8, 4) is 0 Å². The molecule has 0 atom stereocenters. The standard InChI is InChI=1S/C4H7N7O2/c5-1(12)7-3-9-4(11-10-3)8-2(6)13/h(H7,5,6,7,8,9,10,11,12,13). The van der Waals surface area contributed by atoms with E-state index in [1.807, 2.05) is 0 Å². The predicted molar refractivity (Wildman–Crippen MR) is 42.8 cm³/mol. The monoisotopic (exact) mass is 185 g/mol. The first-order valence-corrected chi connectivity index (χ1v) is 3.13. The molecule has 9 nitrogen and oxygen atoms in total. The Morgan fingerprint density at radius 3 is 2.38 bits per heavy atom. The zero-order chi connectivity index (χ0) is 9.84. The molecule has 1 aromatic heterocycles. The minimum Gasteiger partial charge on any atom is -0.351 e. The quantitative estimate of drug-likeness (QED) is 0.392.